The number of carbonyl (C=O) groups excluding carboxylic acids is 2. The van der Waals surface area contributed by atoms with Gasteiger partial charge in [-0.05, 0) is 45.4 Å². The first-order chi connectivity index (χ1) is 14.2. The number of esters is 1. The van der Waals surface area contributed by atoms with E-state index in [1.807, 2.05) is 6.92 Å². The molecule has 0 saturated heterocycles. The van der Waals surface area contributed by atoms with Gasteiger partial charge in [0, 0.05) is 37.2 Å². The number of amides is 1. The Morgan fingerprint density at radius 3 is 3.00 bits per heavy atom. The number of unbranched alkanes of at least 4 members (excludes halogenated alkanes) is 1. The molecule has 0 aliphatic carbocycles. The van der Waals surface area contributed by atoms with Crippen LogP contribution in [0, 0.1) is 0 Å². The van der Waals surface area contributed by atoms with E-state index in [2.05, 4.69) is 10.3 Å². The van der Waals surface area contributed by atoms with Gasteiger partial charge in [0.1, 0.15) is 5.69 Å². The van der Waals surface area contributed by atoms with Gasteiger partial charge >= 0.3 is 5.97 Å². The highest BCUT2D eigenvalue weighted by Gasteiger charge is 2.22. The van der Waals surface area contributed by atoms with Crippen molar-refractivity contribution < 1.29 is 19.1 Å². The normalized spacial score (nSPS) is 15.3. The number of rotatable bonds is 7. The van der Waals surface area contributed by atoms with E-state index in [0.29, 0.717) is 44.3 Å². The summed E-state index contributed by atoms with van der Waals surface area (Å²) in [5.74, 6) is -0.439. The van der Waals surface area contributed by atoms with Crippen molar-refractivity contribution in [2.24, 2.45) is 0 Å². The Labute approximate surface area is 174 Å². The first-order valence-corrected chi connectivity index (χ1v) is 11.1. The van der Waals surface area contributed by atoms with E-state index >= 15 is 0 Å². The smallest absolute Gasteiger partial charge is 0.357 e. The lowest BCUT2D eigenvalue weighted by Gasteiger charge is -2.08. The van der Waals surface area contributed by atoms with Crippen LogP contribution in [-0.2, 0) is 28.9 Å². The van der Waals surface area contributed by atoms with Crippen molar-refractivity contribution in [2.45, 2.75) is 52.0 Å². The summed E-state index contributed by atoms with van der Waals surface area (Å²) in [5, 5.41) is 9.36. The van der Waals surface area contributed by atoms with Crippen LogP contribution in [0.4, 0.5) is 0 Å². The number of hydrogen-bond acceptors (Lipinski definition) is 7. The van der Waals surface area contributed by atoms with Crippen molar-refractivity contribution in [3.05, 3.63) is 33.5 Å². The molecular formula is C20H28N4O4S. The minimum absolute atomic E-state index is 0.0558. The molecule has 0 atom stereocenters. The van der Waals surface area contributed by atoms with E-state index in [9.17, 15) is 9.59 Å². The van der Waals surface area contributed by atoms with Gasteiger partial charge in [0.15, 0.2) is 5.69 Å². The molecule has 158 valence electrons. The van der Waals surface area contributed by atoms with E-state index in [4.69, 9.17) is 14.6 Å². The van der Waals surface area contributed by atoms with Gasteiger partial charge in [0.25, 0.3) is 5.91 Å². The molecule has 1 aliphatic rings. The number of fused-ring (bicyclic) bond motifs is 1. The molecule has 1 N–H and O–H groups in total. The van der Waals surface area contributed by atoms with Crippen LogP contribution in [0.5, 0.6) is 0 Å². The molecule has 1 amide bonds. The molecule has 2 aromatic heterocycles. The molecule has 0 fully saturated rings. The maximum atomic E-state index is 12.7. The Balaban J connectivity index is 1.59. The van der Waals surface area contributed by atoms with Gasteiger partial charge in [-0.2, -0.15) is 5.10 Å². The Bertz CT molecular complexity index is 804. The molecule has 0 saturated carbocycles. The average Bonchev–Trinajstić information content (AvgIpc) is 3.36. The van der Waals surface area contributed by atoms with Crippen molar-refractivity contribution in [3.63, 3.8) is 0 Å². The highest BCUT2D eigenvalue weighted by molar-refractivity contribution is 7.07. The molecule has 0 bridgehead atoms. The van der Waals surface area contributed by atoms with Gasteiger partial charge in [-0.1, -0.05) is 0 Å². The summed E-state index contributed by atoms with van der Waals surface area (Å²) in [6, 6.07) is 0. The predicted octanol–water partition coefficient (Wildman–Crippen LogP) is 2.62. The molecule has 0 aromatic carbocycles. The topological polar surface area (TPSA) is 95.3 Å². The molecule has 3 rings (SSSR count). The van der Waals surface area contributed by atoms with Gasteiger partial charge in [-0.3, -0.25) is 9.48 Å². The molecule has 2 aromatic rings. The van der Waals surface area contributed by atoms with Crippen LogP contribution in [0.25, 0.3) is 0 Å². The van der Waals surface area contributed by atoms with Crippen LogP contribution in [-0.4, -0.2) is 53.0 Å². The van der Waals surface area contributed by atoms with Gasteiger partial charge < -0.3 is 14.8 Å². The largest absolute Gasteiger partial charge is 0.461 e. The lowest BCUT2D eigenvalue weighted by atomic mass is 10.0. The monoisotopic (exact) mass is 420 g/mol. The summed E-state index contributed by atoms with van der Waals surface area (Å²) in [7, 11) is 0. The predicted molar refractivity (Wildman–Crippen MR) is 109 cm³/mol. The van der Waals surface area contributed by atoms with Crippen LogP contribution < -0.4 is 5.32 Å². The standard InChI is InChI=1S/C20H28N4O4S/c1-2-24-18-15(7-5-10-27-11-6-9-21-19(18)25)16(23-24)8-3-4-12-28-20(26)17-13-29-14-22-17/h13-14H,2-12H2,1H3,(H,21,25). The molecule has 29 heavy (non-hydrogen) atoms. The lowest BCUT2D eigenvalue weighted by Crippen LogP contribution is -2.28. The second kappa shape index (κ2) is 11.1. The van der Waals surface area contributed by atoms with Gasteiger partial charge in [-0.25, -0.2) is 9.78 Å². The van der Waals surface area contributed by atoms with Crippen molar-refractivity contribution in [1.29, 1.82) is 0 Å². The summed E-state index contributed by atoms with van der Waals surface area (Å²) in [6.07, 6.45) is 4.77. The van der Waals surface area contributed by atoms with E-state index in [0.717, 1.165) is 49.8 Å². The fourth-order valence-corrected chi connectivity index (χ4v) is 3.88. The highest BCUT2D eigenvalue weighted by Crippen LogP contribution is 2.20. The number of aryl methyl sites for hydroxylation is 2. The fraction of sp³-hybridized carbons (Fsp3) is 0.600. The number of hydrogen-bond donors (Lipinski definition) is 1. The Morgan fingerprint density at radius 2 is 2.21 bits per heavy atom. The quantitative estimate of drug-likeness (QED) is 0.546. The van der Waals surface area contributed by atoms with Crippen molar-refractivity contribution in [1.82, 2.24) is 20.1 Å². The number of thiazole rings is 1. The number of ether oxygens (including phenoxy) is 2. The van der Waals surface area contributed by atoms with E-state index < -0.39 is 0 Å². The molecule has 9 heteroatoms. The third kappa shape index (κ3) is 5.86. The van der Waals surface area contributed by atoms with E-state index in [-0.39, 0.29) is 11.9 Å². The van der Waals surface area contributed by atoms with E-state index in [1.165, 1.54) is 11.3 Å². The van der Waals surface area contributed by atoms with Gasteiger partial charge in [0.2, 0.25) is 0 Å². The summed E-state index contributed by atoms with van der Waals surface area (Å²) in [5.41, 5.74) is 4.63. The summed E-state index contributed by atoms with van der Waals surface area (Å²) >= 11 is 1.37. The minimum atomic E-state index is -0.383. The molecular weight excluding hydrogens is 392 g/mol. The van der Waals surface area contributed by atoms with Gasteiger partial charge in [-0.15, -0.1) is 11.3 Å². The average molecular weight is 421 g/mol. The van der Waals surface area contributed by atoms with Crippen LogP contribution in [0.1, 0.15) is 64.8 Å². The Morgan fingerprint density at radius 1 is 1.34 bits per heavy atom. The number of carbonyl (C=O) groups is 2. The summed E-state index contributed by atoms with van der Waals surface area (Å²) in [4.78, 5) is 28.5. The van der Waals surface area contributed by atoms with Crippen molar-refractivity contribution in [2.75, 3.05) is 26.4 Å². The molecule has 0 radical (unpaired) electrons. The minimum Gasteiger partial charge on any atom is -0.461 e. The number of aromatic nitrogens is 3. The van der Waals surface area contributed by atoms with Crippen molar-refractivity contribution >= 4 is 23.2 Å². The van der Waals surface area contributed by atoms with Crippen LogP contribution in [0.3, 0.4) is 0 Å². The highest BCUT2D eigenvalue weighted by atomic mass is 32.1. The molecule has 1 aliphatic heterocycles. The third-order valence-electron chi connectivity index (χ3n) is 4.80. The first-order valence-electron chi connectivity index (χ1n) is 10.2. The van der Waals surface area contributed by atoms with Crippen molar-refractivity contribution in [3.8, 4) is 0 Å². The SMILES string of the molecule is CCn1nc(CCCCOC(=O)c2cscn2)c2c1C(=O)NCCCOCCC2. The zero-order chi connectivity index (χ0) is 20.5. The lowest BCUT2D eigenvalue weighted by molar-refractivity contribution is 0.0492. The molecule has 0 spiro atoms. The third-order valence-corrected chi connectivity index (χ3v) is 5.38. The second-order valence-electron chi connectivity index (χ2n) is 6.88. The zero-order valence-corrected chi connectivity index (χ0v) is 17.6. The van der Waals surface area contributed by atoms with Crippen LogP contribution in [0.15, 0.2) is 10.9 Å². The Hall–Kier alpha value is -2.26. The molecule has 8 nitrogen and oxygen atoms in total. The second-order valence-corrected chi connectivity index (χ2v) is 7.60. The maximum Gasteiger partial charge on any atom is 0.357 e. The van der Waals surface area contributed by atoms with Crippen LogP contribution in [0.2, 0.25) is 0 Å². The molecule has 3 heterocycles. The number of nitrogens with zero attached hydrogens (tertiary/aromatic N) is 3. The maximum absolute atomic E-state index is 12.7. The van der Waals surface area contributed by atoms with Gasteiger partial charge in [0.05, 0.1) is 17.8 Å². The summed E-state index contributed by atoms with van der Waals surface area (Å²) < 4.78 is 12.7. The van der Waals surface area contributed by atoms with E-state index in [1.54, 1.807) is 15.6 Å². The fourth-order valence-electron chi connectivity index (χ4n) is 3.35. The summed E-state index contributed by atoms with van der Waals surface area (Å²) in [6.45, 7) is 4.96. The Kier molecular flexibility index (Phi) is 8.18. The number of nitrogens with one attached hydrogen (secondary N) is 1. The first kappa shape index (κ1) is 21.4. The molecule has 0 unspecified atom stereocenters. The zero-order valence-electron chi connectivity index (χ0n) is 16.8. The van der Waals surface area contributed by atoms with Crippen LogP contribution >= 0.6 is 11.3 Å².